The van der Waals surface area contributed by atoms with Gasteiger partial charge in [0.25, 0.3) is 10.0 Å². The van der Waals surface area contributed by atoms with E-state index in [1.165, 1.54) is 0 Å². The molecule has 0 bridgehead atoms. The maximum atomic E-state index is 13.1. The third-order valence-electron chi connectivity index (χ3n) is 2.99. The molecule has 0 unspecified atom stereocenters. The molecule has 0 aliphatic rings. The Morgan fingerprint density at radius 1 is 1.12 bits per heavy atom. The summed E-state index contributed by atoms with van der Waals surface area (Å²) >= 11 is 5.68. The van der Waals surface area contributed by atoms with Gasteiger partial charge in [-0.3, -0.25) is 4.72 Å². The van der Waals surface area contributed by atoms with Crippen LogP contribution in [-0.2, 0) is 16.2 Å². The van der Waals surface area contributed by atoms with Gasteiger partial charge in [0, 0.05) is 0 Å². The molecule has 2 N–H and O–H groups in total. The molecule has 0 fully saturated rings. The van der Waals surface area contributed by atoms with E-state index in [0.717, 1.165) is 18.2 Å². The van der Waals surface area contributed by atoms with Gasteiger partial charge in [-0.1, -0.05) is 11.6 Å². The normalized spacial score (nSPS) is 12.0. The number of carboxylic acids is 1. The van der Waals surface area contributed by atoms with Gasteiger partial charge in [0.2, 0.25) is 0 Å². The van der Waals surface area contributed by atoms with Gasteiger partial charge in [-0.2, -0.15) is 13.2 Å². The molecule has 11 heteroatoms. The molecular weight excluding hydrogens is 390 g/mol. The summed E-state index contributed by atoms with van der Waals surface area (Å²) in [6.45, 7) is 0. The highest BCUT2D eigenvalue weighted by Crippen LogP contribution is 2.35. The van der Waals surface area contributed by atoms with Crippen molar-refractivity contribution in [2.24, 2.45) is 0 Å². The lowest BCUT2D eigenvalue weighted by Gasteiger charge is -2.15. The van der Waals surface area contributed by atoms with Crippen LogP contribution in [0.1, 0.15) is 15.9 Å². The predicted molar refractivity (Wildman–Crippen MR) is 80.6 cm³/mol. The van der Waals surface area contributed by atoms with Crippen molar-refractivity contribution in [1.29, 1.82) is 0 Å². The minimum Gasteiger partial charge on any atom is -0.478 e. The number of alkyl halides is 3. The lowest BCUT2D eigenvalue weighted by Crippen LogP contribution is -2.19. The largest absolute Gasteiger partial charge is 0.478 e. The molecule has 134 valence electrons. The van der Waals surface area contributed by atoms with Crippen molar-refractivity contribution in [3.8, 4) is 0 Å². The molecule has 25 heavy (non-hydrogen) atoms. The first-order valence-corrected chi connectivity index (χ1v) is 8.20. The Morgan fingerprint density at radius 2 is 1.76 bits per heavy atom. The molecule has 0 amide bonds. The van der Waals surface area contributed by atoms with E-state index in [1.54, 1.807) is 0 Å². The second kappa shape index (κ2) is 6.52. The summed E-state index contributed by atoms with van der Waals surface area (Å²) in [5.74, 6) is -2.61. The standard InChI is InChI=1S/C14H8ClF4NO4S/c15-11-6-8(2-3-9(11)13(21)22)20-25(23,24)12-4-1-7(16)5-10(12)14(17,18)19/h1-6,20H,(H,21,22). The Bertz CT molecular complexity index is 944. The third kappa shape index (κ3) is 4.20. The molecule has 5 nitrogen and oxygen atoms in total. The van der Waals surface area contributed by atoms with Crippen LogP contribution in [0.2, 0.25) is 5.02 Å². The van der Waals surface area contributed by atoms with Gasteiger partial charge in [0.15, 0.2) is 0 Å². The van der Waals surface area contributed by atoms with Crippen molar-refractivity contribution >= 4 is 33.3 Å². The minimum absolute atomic E-state index is 0.0646. The SMILES string of the molecule is O=C(O)c1ccc(NS(=O)(=O)c2ccc(F)cc2C(F)(F)F)cc1Cl. The third-order valence-corrected chi connectivity index (χ3v) is 4.74. The van der Waals surface area contributed by atoms with Gasteiger partial charge in [-0.05, 0) is 36.4 Å². The minimum atomic E-state index is -5.10. The molecule has 0 aliphatic carbocycles. The zero-order chi connectivity index (χ0) is 19.0. The summed E-state index contributed by atoms with van der Waals surface area (Å²) < 4.78 is 78.2. The first-order valence-electron chi connectivity index (χ1n) is 6.34. The summed E-state index contributed by atoms with van der Waals surface area (Å²) in [6.07, 6.45) is -5.10. The number of hydrogen-bond donors (Lipinski definition) is 2. The second-order valence-corrected chi connectivity index (χ2v) is 6.80. The van der Waals surface area contributed by atoms with Crippen LogP contribution in [0, 0.1) is 5.82 Å². The number of carbonyl (C=O) groups is 1. The van der Waals surface area contributed by atoms with Crippen LogP contribution >= 0.6 is 11.6 Å². The Labute approximate surface area is 143 Å². The summed E-state index contributed by atoms with van der Waals surface area (Å²) in [7, 11) is -4.74. The number of benzene rings is 2. The van der Waals surface area contributed by atoms with Gasteiger partial charge >= 0.3 is 12.1 Å². The number of rotatable bonds is 4. The van der Waals surface area contributed by atoms with Gasteiger partial charge in [-0.25, -0.2) is 17.6 Å². The van der Waals surface area contributed by atoms with Gasteiger partial charge < -0.3 is 5.11 Å². The van der Waals surface area contributed by atoms with E-state index in [0.29, 0.717) is 12.1 Å². The summed E-state index contributed by atoms with van der Waals surface area (Å²) in [5, 5.41) is 8.52. The van der Waals surface area contributed by atoms with E-state index >= 15 is 0 Å². The lowest BCUT2D eigenvalue weighted by atomic mass is 10.2. The second-order valence-electron chi connectivity index (χ2n) is 4.74. The van der Waals surface area contributed by atoms with Gasteiger partial charge in [0.05, 0.1) is 26.7 Å². The number of carboxylic acid groups (broad SMARTS) is 1. The van der Waals surface area contributed by atoms with Crippen LogP contribution in [-0.4, -0.2) is 19.5 Å². The van der Waals surface area contributed by atoms with Crippen LogP contribution in [0.5, 0.6) is 0 Å². The molecule has 0 aliphatic heterocycles. The van der Waals surface area contributed by atoms with Crippen LogP contribution in [0.4, 0.5) is 23.2 Å². The van der Waals surface area contributed by atoms with E-state index < -0.39 is 38.4 Å². The first-order chi connectivity index (χ1) is 11.4. The molecule has 2 aromatic rings. The quantitative estimate of drug-likeness (QED) is 0.764. The van der Waals surface area contributed by atoms with E-state index in [-0.39, 0.29) is 22.3 Å². The Balaban J connectivity index is 2.47. The van der Waals surface area contributed by atoms with Crippen molar-refractivity contribution in [2.45, 2.75) is 11.1 Å². The summed E-state index contributed by atoms with van der Waals surface area (Å²) in [4.78, 5) is 9.66. The number of sulfonamides is 1. The van der Waals surface area contributed by atoms with Crippen molar-refractivity contribution in [1.82, 2.24) is 0 Å². The van der Waals surface area contributed by atoms with Crippen LogP contribution in [0.15, 0.2) is 41.3 Å². The Kier molecular flexibility index (Phi) is 4.96. The van der Waals surface area contributed by atoms with Crippen molar-refractivity contribution in [2.75, 3.05) is 4.72 Å². The van der Waals surface area contributed by atoms with Gasteiger partial charge in [0.1, 0.15) is 5.82 Å². The van der Waals surface area contributed by atoms with Gasteiger partial charge in [-0.15, -0.1) is 0 Å². The average Bonchev–Trinajstić information content (AvgIpc) is 2.45. The molecule has 0 aromatic heterocycles. The summed E-state index contributed by atoms with van der Waals surface area (Å²) in [5.41, 5.74) is -2.25. The molecule has 0 radical (unpaired) electrons. The number of halogens is 5. The average molecular weight is 398 g/mol. The fourth-order valence-corrected chi connectivity index (χ4v) is 3.44. The maximum absolute atomic E-state index is 13.1. The highest BCUT2D eigenvalue weighted by Gasteiger charge is 2.37. The topological polar surface area (TPSA) is 83.5 Å². The van der Waals surface area contributed by atoms with Crippen LogP contribution in [0.25, 0.3) is 0 Å². The molecule has 2 rings (SSSR count). The zero-order valence-electron chi connectivity index (χ0n) is 11.9. The van der Waals surface area contributed by atoms with E-state index in [2.05, 4.69) is 0 Å². The number of nitrogens with one attached hydrogen (secondary N) is 1. The van der Waals surface area contributed by atoms with Crippen molar-refractivity contribution < 1.29 is 35.9 Å². The molecule has 0 saturated carbocycles. The fraction of sp³-hybridized carbons (Fsp3) is 0.0714. The molecule has 0 atom stereocenters. The zero-order valence-corrected chi connectivity index (χ0v) is 13.5. The van der Waals surface area contributed by atoms with Crippen LogP contribution < -0.4 is 4.72 Å². The fourth-order valence-electron chi connectivity index (χ4n) is 1.92. The highest BCUT2D eigenvalue weighted by molar-refractivity contribution is 7.92. The number of anilines is 1. The van der Waals surface area contributed by atoms with Crippen LogP contribution in [0.3, 0.4) is 0 Å². The molecular formula is C14H8ClF4NO4S. The summed E-state index contributed by atoms with van der Waals surface area (Å²) in [6, 6.07) is 4.05. The Hall–Kier alpha value is -2.33. The lowest BCUT2D eigenvalue weighted by molar-refractivity contribution is -0.140. The predicted octanol–water partition coefficient (Wildman–Crippen LogP) is 4.00. The molecule has 0 heterocycles. The monoisotopic (exact) mass is 397 g/mol. The number of aromatic carboxylic acids is 1. The molecule has 0 spiro atoms. The Morgan fingerprint density at radius 3 is 2.28 bits per heavy atom. The highest BCUT2D eigenvalue weighted by atomic mass is 35.5. The molecule has 0 saturated heterocycles. The van der Waals surface area contributed by atoms with Crippen molar-refractivity contribution in [3.05, 3.63) is 58.4 Å². The van der Waals surface area contributed by atoms with E-state index in [1.807, 2.05) is 4.72 Å². The molecule has 2 aromatic carbocycles. The smallest absolute Gasteiger partial charge is 0.417 e. The number of hydrogen-bond acceptors (Lipinski definition) is 3. The van der Waals surface area contributed by atoms with E-state index in [9.17, 15) is 30.8 Å². The van der Waals surface area contributed by atoms with Crippen molar-refractivity contribution in [3.63, 3.8) is 0 Å². The maximum Gasteiger partial charge on any atom is 0.417 e. The van der Waals surface area contributed by atoms with E-state index in [4.69, 9.17) is 16.7 Å². The first kappa shape index (κ1) is 19.0.